The van der Waals surface area contributed by atoms with E-state index in [4.69, 9.17) is 4.42 Å². The molecule has 10 aromatic carbocycles. The zero-order chi connectivity index (χ0) is 40.7. The molecule has 3 heterocycles. The monoisotopic (exact) mass is 808 g/mol. The molecule has 0 N–H and O–H groups in total. The van der Waals surface area contributed by atoms with E-state index in [1.165, 1.54) is 58.3 Å². The van der Waals surface area contributed by atoms with Crippen LogP contribution in [0.5, 0.6) is 0 Å². The summed E-state index contributed by atoms with van der Waals surface area (Å²) >= 11 is 1.84. The molecule has 13 rings (SSSR count). The van der Waals surface area contributed by atoms with Crippen molar-refractivity contribution in [2.45, 2.75) is 0 Å². The van der Waals surface area contributed by atoms with Crippen molar-refractivity contribution < 1.29 is 4.42 Å². The lowest BCUT2D eigenvalue weighted by molar-refractivity contribution is 0.670. The third-order valence-corrected chi connectivity index (χ3v) is 13.7. The van der Waals surface area contributed by atoms with Crippen LogP contribution in [0, 0.1) is 0 Å². The molecule has 0 unspecified atom stereocenters. The van der Waals surface area contributed by atoms with Crippen LogP contribution in [0.3, 0.4) is 0 Å². The van der Waals surface area contributed by atoms with Gasteiger partial charge < -0.3 is 13.9 Å². The van der Waals surface area contributed by atoms with Gasteiger partial charge in [0.25, 0.3) is 0 Å². The van der Waals surface area contributed by atoms with Crippen molar-refractivity contribution in [2.75, 3.05) is 4.90 Å². The Balaban J connectivity index is 0.961. The molecule has 62 heavy (non-hydrogen) atoms. The predicted octanol–water partition coefficient (Wildman–Crippen LogP) is 17.0. The topological polar surface area (TPSA) is 21.3 Å². The molecule has 0 fully saturated rings. The molecule has 0 atom stereocenters. The fraction of sp³-hybridized carbons (Fsp3) is 0. The molecule has 13 aromatic rings. The Morgan fingerprint density at radius 2 is 1.03 bits per heavy atom. The summed E-state index contributed by atoms with van der Waals surface area (Å²) in [7, 11) is 0. The molecule has 0 bridgehead atoms. The van der Waals surface area contributed by atoms with Gasteiger partial charge >= 0.3 is 0 Å². The summed E-state index contributed by atoms with van der Waals surface area (Å²) in [5, 5.41) is 9.79. The minimum atomic E-state index is 0.861. The Morgan fingerprint density at radius 3 is 1.89 bits per heavy atom. The SMILES string of the molecule is c1ccc(-c2cccc3c2oc2cc(N(c4ccc(-c5ccc6c7ccc8ccccc8c7n(-c7ccccc7)c6c5)cc4)c4ccc5c(c4)sc4ccccc45)ccc23)cc1. The van der Waals surface area contributed by atoms with Gasteiger partial charge in [0.2, 0.25) is 0 Å². The van der Waals surface area contributed by atoms with Crippen LogP contribution in [0.4, 0.5) is 17.1 Å². The summed E-state index contributed by atoms with van der Waals surface area (Å²) < 4.78 is 11.8. The Kier molecular flexibility index (Phi) is 7.78. The van der Waals surface area contributed by atoms with E-state index in [1.807, 2.05) is 11.3 Å². The lowest BCUT2D eigenvalue weighted by Crippen LogP contribution is -2.09. The van der Waals surface area contributed by atoms with Gasteiger partial charge in [-0.25, -0.2) is 0 Å². The number of aromatic nitrogens is 1. The number of rotatable bonds is 6. The highest BCUT2D eigenvalue weighted by molar-refractivity contribution is 7.25. The average Bonchev–Trinajstić information content (AvgIpc) is 4.01. The average molecular weight is 809 g/mol. The third-order valence-electron chi connectivity index (χ3n) is 12.6. The first-order chi connectivity index (χ1) is 30.7. The molecule has 3 nitrogen and oxygen atoms in total. The minimum absolute atomic E-state index is 0.861. The highest BCUT2D eigenvalue weighted by Crippen LogP contribution is 2.44. The molecule has 0 radical (unpaired) electrons. The Bertz CT molecular complexity index is 3860. The Hall–Kier alpha value is -7.92. The second kappa shape index (κ2) is 13.8. The molecule has 290 valence electrons. The molecule has 3 aromatic heterocycles. The first-order valence-electron chi connectivity index (χ1n) is 21.1. The number of furan rings is 1. The molecule has 0 saturated carbocycles. The maximum Gasteiger partial charge on any atom is 0.143 e. The van der Waals surface area contributed by atoms with E-state index in [0.717, 1.165) is 61.4 Å². The van der Waals surface area contributed by atoms with Crippen LogP contribution in [0.2, 0.25) is 0 Å². The van der Waals surface area contributed by atoms with E-state index in [-0.39, 0.29) is 0 Å². The zero-order valence-corrected chi connectivity index (χ0v) is 34.3. The van der Waals surface area contributed by atoms with Crippen molar-refractivity contribution in [3.05, 3.63) is 218 Å². The lowest BCUT2D eigenvalue weighted by Gasteiger charge is -2.26. The van der Waals surface area contributed by atoms with Crippen LogP contribution in [0.15, 0.2) is 223 Å². The number of benzene rings is 10. The summed E-state index contributed by atoms with van der Waals surface area (Å²) in [6.45, 7) is 0. The second-order valence-electron chi connectivity index (χ2n) is 16.1. The number of nitrogens with zero attached hydrogens (tertiary/aromatic N) is 2. The standard InChI is InChI=1S/C58H36N2OS/c1-3-12-38(13-4-1)46-19-11-20-52-48-32-28-43(35-54(48)61-58(46)52)59(44-29-33-50-49-18-9-10-21-55(49)62-56(50)36-44)42-26-22-37(23-27-42)40-25-30-47-51-31-24-39-14-7-8-17-45(39)57(51)60(53(47)34-40)41-15-5-2-6-16-41/h1-36H. The lowest BCUT2D eigenvalue weighted by atomic mass is 10.0. The van der Waals surface area contributed by atoms with Gasteiger partial charge in [0.1, 0.15) is 11.2 Å². The normalized spacial score (nSPS) is 11.9. The molecule has 0 saturated heterocycles. The molecular formula is C58H36N2OS. The second-order valence-corrected chi connectivity index (χ2v) is 17.2. The van der Waals surface area contributed by atoms with Crippen molar-refractivity contribution in [3.63, 3.8) is 0 Å². The van der Waals surface area contributed by atoms with Crippen molar-refractivity contribution in [1.82, 2.24) is 4.57 Å². The molecule has 0 aliphatic carbocycles. The van der Waals surface area contributed by atoms with Crippen LogP contribution < -0.4 is 4.90 Å². The molecule has 0 spiro atoms. The maximum atomic E-state index is 6.78. The van der Waals surface area contributed by atoms with Gasteiger partial charge in [-0.15, -0.1) is 11.3 Å². The summed E-state index contributed by atoms with van der Waals surface area (Å²) in [5.74, 6) is 0. The van der Waals surface area contributed by atoms with Crippen molar-refractivity contribution >= 4 is 103 Å². The molecular weight excluding hydrogens is 773 g/mol. The van der Waals surface area contributed by atoms with Crippen molar-refractivity contribution in [2.24, 2.45) is 0 Å². The smallest absolute Gasteiger partial charge is 0.143 e. The summed E-state index contributed by atoms with van der Waals surface area (Å²) in [5.41, 5.74) is 13.1. The molecule has 0 aliphatic rings. The van der Waals surface area contributed by atoms with Gasteiger partial charge in [-0.1, -0.05) is 152 Å². The number of fused-ring (bicyclic) bond motifs is 11. The largest absolute Gasteiger partial charge is 0.455 e. The number of hydrogen-bond acceptors (Lipinski definition) is 3. The summed E-state index contributed by atoms with van der Waals surface area (Å²) in [6, 6.07) is 79.1. The third kappa shape index (κ3) is 5.44. The van der Waals surface area contributed by atoms with Crippen molar-refractivity contribution in [3.8, 4) is 27.9 Å². The van der Waals surface area contributed by atoms with E-state index in [9.17, 15) is 0 Å². The van der Waals surface area contributed by atoms with Crippen LogP contribution in [-0.4, -0.2) is 4.57 Å². The fourth-order valence-corrected chi connectivity index (χ4v) is 10.8. The predicted molar refractivity (Wildman–Crippen MR) is 264 cm³/mol. The fourth-order valence-electron chi connectivity index (χ4n) is 9.68. The van der Waals surface area contributed by atoms with Crippen LogP contribution in [-0.2, 0) is 0 Å². The van der Waals surface area contributed by atoms with Gasteiger partial charge in [0.15, 0.2) is 0 Å². The maximum absolute atomic E-state index is 6.78. The number of hydrogen-bond donors (Lipinski definition) is 0. The Morgan fingerprint density at radius 1 is 0.387 bits per heavy atom. The van der Waals surface area contributed by atoms with Gasteiger partial charge in [0.05, 0.1) is 11.0 Å². The Labute approximate surface area is 361 Å². The van der Waals surface area contributed by atoms with E-state index in [0.29, 0.717) is 0 Å². The highest BCUT2D eigenvalue weighted by Gasteiger charge is 2.20. The van der Waals surface area contributed by atoms with Crippen LogP contribution >= 0.6 is 11.3 Å². The number of thiophene rings is 1. The first-order valence-corrected chi connectivity index (χ1v) is 21.9. The quantitative estimate of drug-likeness (QED) is 0.167. The van der Waals surface area contributed by atoms with Crippen molar-refractivity contribution in [1.29, 1.82) is 0 Å². The van der Waals surface area contributed by atoms with E-state index >= 15 is 0 Å². The van der Waals surface area contributed by atoms with E-state index in [1.54, 1.807) is 0 Å². The van der Waals surface area contributed by atoms with E-state index < -0.39 is 0 Å². The van der Waals surface area contributed by atoms with Gasteiger partial charge in [-0.3, -0.25) is 0 Å². The number of para-hydroxylation sites is 2. The summed E-state index contributed by atoms with van der Waals surface area (Å²) in [4.78, 5) is 2.36. The van der Waals surface area contributed by atoms with Crippen LogP contribution in [0.1, 0.15) is 0 Å². The zero-order valence-electron chi connectivity index (χ0n) is 33.5. The molecule has 0 amide bonds. The number of anilines is 3. The van der Waals surface area contributed by atoms with Gasteiger partial charge in [-0.05, 0) is 82.7 Å². The molecule has 0 aliphatic heterocycles. The summed E-state index contributed by atoms with van der Waals surface area (Å²) in [6.07, 6.45) is 0. The minimum Gasteiger partial charge on any atom is -0.455 e. The highest BCUT2D eigenvalue weighted by atomic mass is 32.1. The first kappa shape index (κ1) is 34.9. The van der Waals surface area contributed by atoms with Gasteiger partial charge in [-0.2, -0.15) is 0 Å². The van der Waals surface area contributed by atoms with Crippen LogP contribution in [0.25, 0.3) is 103 Å². The van der Waals surface area contributed by atoms with E-state index in [2.05, 4.69) is 228 Å². The molecule has 4 heteroatoms. The van der Waals surface area contributed by atoms with Gasteiger partial charge in [0, 0.05) is 81.5 Å².